The van der Waals surface area contributed by atoms with E-state index in [0.717, 1.165) is 11.4 Å². The number of carbonyl (C=O) groups excluding carboxylic acids is 1. The van der Waals surface area contributed by atoms with Crippen LogP contribution in [0.3, 0.4) is 0 Å². The van der Waals surface area contributed by atoms with Gasteiger partial charge in [-0.1, -0.05) is 24.3 Å². The normalized spacial score (nSPS) is 10.3. The molecular formula is C21H20N4O2. The molecule has 6 heteroatoms. The van der Waals surface area contributed by atoms with E-state index in [4.69, 9.17) is 0 Å². The predicted octanol–water partition coefficient (Wildman–Crippen LogP) is 3.29. The summed E-state index contributed by atoms with van der Waals surface area (Å²) in [5.74, 6) is -0.567. The fourth-order valence-electron chi connectivity index (χ4n) is 2.60. The Labute approximate surface area is 157 Å². The molecule has 2 N–H and O–H groups in total. The summed E-state index contributed by atoms with van der Waals surface area (Å²) < 4.78 is 0. The van der Waals surface area contributed by atoms with Crippen LogP contribution in [0.1, 0.15) is 38.7 Å². The first-order valence-electron chi connectivity index (χ1n) is 8.50. The van der Waals surface area contributed by atoms with Crippen LogP contribution in [0.5, 0.6) is 5.75 Å². The number of amides is 1. The van der Waals surface area contributed by atoms with Crippen molar-refractivity contribution in [2.45, 2.75) is 20.8 Å². The van der Waals surface area contributed by atoms with Crippen molar-refractivity contribution in [2.75, 3.05) is 0 Å². The third-order valence-electron chi connectivity index (χ3n) is 4.01. The average Bonchev–Trinajstić information content (AvgIpc) is 2.64. The van der Waals surface area contributed by atoms with Crippen LogP contribution in [-0.2, 0) is 0 Å². The number of aromatic nitrogens is 2. The van der Waals surface area contributed by atoms with Crippen molar-refractivity contribution < 1.29 is 9.90 Å². The van der Waals surface area contributed by atoms with Crippen LogP contribution in [0, 0.1) is 20.8 Å². The van der Waals surface area contributed by atoms with Gasteiger partial charge in [0.1, 0.15) is 11.5 Å². The Kier molecular flexibility index (Phi) is 5.26. The number of hydrogen-bond donors (Lipinski definition) is 2. The van der Waals surface area contributed by atoms with Gasteiger partial charge in [0.25, 0.3) is 5.91 Å². The number of pyridine rings is 2. The first kappa shape index (κ1) is 18.3. The van der Waals surface area contributed by atoms with Crippen LogP contribution in [0.2, 0.25) is 0 Å². The first-order chi connectivity index (χ1) is 13.0. The molecule has 0 aliphatic carbocycles. The lowest BCUT2D eigenvalue weighted by molar-refractivity contribution is 0.0952. The van der Waals surface area contributed by atoms with Gasteiger partial charge in [0.05, 0.1) is 17.0 Å². The number of aryl methyl sites for hydroxylation is 3. The summed E-state index contributed by atoms with van der Waals surface area (Å²) in [6, 6.07) is 16.1. The topological polar surface area (TPSA) is 87.5 Å². The lowest BCUT2D eigenvalue weighted by Gasteiger charge is -2.09. The van der Waals surface area contributed by atoms with Crippen LogP contribution in [0.25, 0.3) is 0 Å². The molecule has 0 spiro atoms. The number of nitrogens with zero attached hydrogens (tertiary/aromatic N) is 3. The van der Waals surface area contributed by atoms with Gasteiger partial charge in [0.2, 0.25) is 0 Å². The Hall–Kier alpha value is -3.54. The van der Waals surface area contributed by atoms with Gasteiger partial charge in [-0.25, -0.2) is 5.43 Å². The summed E-state index contributed by atoms with van der Waals surface area (Å²) in [5.41, 5.74) is 6.59. The summed E-state index contributed by atoms with van der Waals surface area (Å²) in [5, 5.41) is 14.4. The molecular weight excluding hydrogens is 340 g/mol. The van der Waals surface area contributed by atoms with Crippen molar-refractivity contribution in [1.82, 2.24) is 15.4 Å². The number of benzene rings is 1. The quantitative estimate of drug-likeness (QED) is 0.552. The largest absolute Gasteiger partial charge is 0.507 e. The molecule has 3 rings (SSSR count). The maximum atomic E-state index is 12.5. The van der Waals surface area contributed by atoms with E-state index in [-0.39, 0.29) is 11.3 Å². The Bertz CT molecular complexity index is 981. The molecule has 1 aromatic carbocycles. The zero-order chi connectivity index (χ0) is 19.4. The molecule has 1 amide bonds. The average molecular weight is 360 g/mol. The van der Waals surface area contributed by atoms with Crippen LogP contribution >= 0.6 is 0 Å². The second kappa shape index (κ2) is 7.78. The minimum atomic E-state index is -0.506. The predicted molar refractivity (Wildman–Crippen MR) is 104 cm³/mol. The highest BCUT2D eigenvalue weighted by Gasteiger charge is 2.15. The molecule has 27 heavy (non-hydrogen) atoms. The number of nitrogens with one attached hydrogen (secondary N) is 1. The fraction of sp³-hybridized carbons (Fsp3) is 0.143. The summed E-state index contributed by atoms with van der Waals surface area (Å²) in [4.78, 5) is 21.5. The van der Waals surface area contributed by atoms with Crippen molar-refractivity contribution in [3.05, 3.63) is 88.5 Å². The van der Waals surface area contributed by atoms with Gasteiger partial charge in [0.15, 0.2) is 0 Å². The molecule has 0 bridgehead atoms. The van der Waals surface area contributed by atoms with Crippen LogP contribution < -0.4 is 5.43 Å². The maximum Gasteiger partial charge on any atom is 0.275 e. The van der Waals surface area contributed by atoms with Crippen molar-refractivity contribution in [2.24, 2.45) is 5.10 Å². The summed E-state index contributed by atoms with van der Waals surface area (Å²) in [7, 11) is 0. The number of aromatic hydroxyl groups is 1. The summed E-state index contributed by atoms with van der Waals surface area (Å²) >= 11 is 0. The Morgan fingerprint density at radius 2 is 1.44 bits per heavy atom. The highest BCUT2D eigenvalue weighted by molar-refractivity contribution is 6.11. The SMILES string of the molecule is Cc1cccc(C(=NNC(=O)c2cccc(C)c2O)c2cccc(C)n2)n1. The second-order valence-electron chi connectivity index (χ2n) is 6.20. The van der Waals surface area contributed by atoms with Crippen molar-refractivity contribution >= 4 is 11.6 Å². The molecule has 6 nitrogen and oxygen atoms in total. The minimum absolute atomic E-state index is 0.0610. The molecule has 0 unspecified atom stereocenters. The van der Waals surface area contributed by atoms with Gasteiger partial charge in [-0.2, -0.15) is 5.10 Å². The Morgan fingerprint density at radius 3 is 2.00 bits per heavy atom. The number of hydrazone groups is 1. The smallest absolute Gasteiger partial charge is 0.275 e. The molecule has 2 heterocycles. The van der Waals surface area contributed by atoms with E-state index in [1.54, 1.807) is 25.1 Å². The van der Waals surface area contributed by atoms with Crippen molar-refractivity contribution in [1.29, 1.82) is 0 Å². The molecule has 3 aromatic rings. The highest BCUT2D eigenvalue weighted by Crippen LogP contribution is 2.21. The van der Waals surface area contributed by atoms with Gasteiger partial charge < -0.3 is 5.11 Å². The van der Waals surface area contributed by atoms with Gasteiger partial charge in [-0.05, 0) is 56.7 Å². The van der Waals surface area contributed by atoms with Gasteiger partial charge in [0, 0.05) is 11.4 Å². The maximum absolute atomic E-state index is 12.5. The monoisotopic (exact) mass is 360 g/mol. The van der Waals surface area contributed by atoms with Gasteiger partial charge in [-0.3, -0.25) is 14.8 Å². The number of rotatable bonds is 4. The van der Waals surface area contributed by atoms with E-state index in [2.05, 4.69) is 20.5 Å². The lowest BCUT2D eigenvalue weighted by atomic mass is 10.1. The third kappa shape index (κ3) is 4.17. The number of hydrogen-bond acceptors (Lipinski definition) is 5. The Balaban J connectivity index is 2.00. The molecule has 2 aromatic heterocycles. The van der Waals surface area contributed by atoms with Gasteiger partial charge in [-0.15, -0.1) is 0 Å². The summed E-state index contributed by atoms with van der Waals surface area (Å²) in [6.45, 7) is 5.50. The van der Waals surface area contributed by atoms with Gasteiger partial charge >= 0.3 is 0 Å². The number of carbonyl (C=O) groups is 1. The van der Waals surface area contributed by atoms with E-state index in [1.165, 1.54) is 0 Å². The zero-order valence-electron chi connectivity index (χ0n) is 15.4. The van der Waals surface area contributed by atoms with E-state index < -0.39 is 5.91 Å². The zero-order valence-corrected chi connectivity index (χ0v) is 15.4. The van der Waals surface area contributed by atoms with Crippen LogP contribution in [0.4, 0.5) is 0 Å². The van der Waals surface area contributed by atoms with E-state index in [9.17, 15) is 9.90 Å². The second-order valence-corrected chi connectivity index (χ2v) is 6.20. The summed E-state index contributed by atoms with van der Waals surface area (Å²) in [6.07, 6.45) is 0. The van der Waals surface area contributed by atoms with E-state index in [1.807, 2.05) is 50.2 Å². The number of para-hydroxylation sites is 1. The molecule has 0 saturated heterocycles. The molecule has 0 fully saturated rings. The lowest BCUT2D eigenvalue weighted by Crippen LogP contribution is -2.22. The molecule has 0 saturated carbocycles. The molecule has 136 valence electrons. The molecule has 0 aliphatic rings. The number of phenolic OH excluding ortho intramolecular Hbond substituents is 1. The van der Waals surface area contributed by atoms with Crippen LogP contribution in [-0.4, -0.2) is 26.7 Å². The molecule has 0 atom stereocenters. The Morgan fingerprint density at radius 1 is 0.889 bits per heavy atom. The first-order valence-corrected chi connectivity index (χ1v) is 8.50. The van der Waals surface area contributed by atoms with Crippen LogP contribution in [0.15, 0.2) is 59.7 Å². The van der Waals surface area contributed by atoms with Crippen molar-refractivity contribution in [3.8, 4) is 5.75 Å². The minimum Gasteiger partial charge on any atom is -0.507 e. The molecule has 0 radical (unpaired) electrons. The van der Waals surface area contributed by atoms with Crippen molar-refractivity contribution in [3.63, 3.8) is 0 Å². The third-order valence-corrected chi connectivity index (χ3v) is 4.01. The standard InChI is InChI=1S/C21H20N4O2/c1-13-7-4-10-16(20(13)26)21(27)25-24-19(17-11-5-8-14(2)22-17)18-12-6-9-15(3)23-18/h4-12,26H,1-3H3,(H,25,27). The van der Waals surface area contributed by atoms with E-state index >= 15 is 0 Å². The van der Waals surface area contributed by atoms with E-state index in [0.29, 0.717) is 22.7 Å². The number of phenols is 1. The molecule has 0 aliphatic heterocycles. The highest BCUT2D eigenvalue weighted by atomic mass is 16.3. The fourth-order valence-corrected chi connectivity index (χ4v) is 2.60.